The number of aromatic hydroxyl groups is 2. The first-order chi connectivity index (χ1) is 21.2. The Morgan fingerprint density at radius 1 is 1.00 bits per heavy atom. The number of aliphatic hydroxyl groups excluding tert-OH is 3. The molecule has 15 heteroatoms. The molecule has 3 aromatic heterocycles. The molecular formula is C29H31N9O6. The van der Waals surface area contributed by atoms with Crippen LogP contribution >= 0.6 is 0 Å². The van der Waals surface area contributed by atoms with E-state index < -0.39 is 36.8 Å². The van der Waals surface area contributed by atoms with Gasteiger partial charge in [-0.3, -0.25) is 4.79 Å². The molecule has 228 valence electrons. The van der Waals surface area contributed by atoms with Crippen LogP contribution in [0.15, 0.2) is 67.3 Å². The van der Waals surface area contributed by atoms with Crippen molar-refractivity contribution in [3.63, 3.8) is 0 Å². The molecule has 1 aliphatic rings. The third-order valence-corrected chi connectivity index (χ3v) is 7.78. The van der Waals surface area contributed by atoms with Crippen molar-refractivity contribution in [1.82, 2.24) is 34.6 Å². The number of nitrogens with one attached hydrogen (secondary N) is 2. The summed E-state index contributed by atoms with van der Waals surface area (Å²) in [5.41, 5.74) is 8.82. The Kier molecular flexibility index (Phi) is 7.73. The first-order valence-electron chi connectivity index (χ1n) is 13.8. The third kappa shape index (κ3) is 5.58. The van der Waals surface area contributed by atoms with Crippen LogP contribution in [0.4, 0.5) is 11.5 Å². The summed E-state index contributed by atoms with van der Waals surface area (Å²) in [5, 5.41) is 60.6. The zero-order chi connectivity index (χ0) is 31.0. The standard InChI is InChI=1S/C29H31N9O6/c30-17-10-33-38(12-17)29-35-27(31-11-20(15-1-5-18(40)6-2-15)16-3-7-19(41)8-4-16)24-28(36-29)37(14-32-24)22-9-21(25(43)26(22)44)34-23(42)13-39/h1-8,10,12,14,20-22,25-26,39-41,43-44H,9,11,13,30H2,(H,34,42)(H,31,35,36)/t21-,22+,25+,26-/m0/s1. The Morgan fingerprint density at radius 2 is 1.66 bits per heavy atom. The Balaban J connectivity index is 1.39. The number of nitrogens with two attached hydrogens (primary N) is 1. The molecule has 4 atom stereocenters. The number of imidazole rings is 1. The minimum absolute atomic E-state index is 0.134. The van der Waals surface area contributed by atoms with Crippen LogP contribution in [0.3, 0.4) is 0 Å². The molecule has 0 bridgehead atoms. The maximum Gasteiger partial charge on any atom is 0.254 e. The minimum Gasteiger partial charge on any atom is -0.508 e. The third-order valence-electron chi connectivity index (χ3n) is 7.78. The molecule has 1 fully saturated rings. The van der Waals surface area contributed by atoms with E-state index >= 15 is 0 Å². The molecule has 6 rings (SSSR count). The second-order valence-electron chi connectivity index (χ2n) is 10.6. The van der Waals surface area contributed by atoms with Crippen LogP contribution in [0.1, 0.15) is 29.5 Å². The highest BCUT2D eigenvalue weighted by atomic mass is 16.3. The number of hydrogen-bond donors (Lipinski definition) is 8. The van der Waals surface area contributed by atoms with E-state index in [2.05, 4.69) is 30.7 Å². The van der Waals surface area contributed by atoms with Gasteiger partial charge in [0.2, 0.25) is 5.91 Å². The van der Waals surface area contributed by atoms with E-state index in [1.54, 1.807) is 35.0 Å². The number of nitrogen functional groups attached to an aromatic ring is 1. The number of fused-ring (bicyclic) bond motifs is 1. The van der Waals surface area contributed by atoms with E-state index in [1.165, 1.54) is 17.2 Å². The van der Waals surface area contributed by atoms with Crippen molar-refractivity contribution in [2.24, 2.45) is 0 Å². The van der Waals surface area contributed by atoms with Gasteiger partial charge in [0, 0.05) is 12.5 Å². The van der Waals surface area contributed by atoms with E-state index in [-0.39, 0.29) is 29.8 Å². The van der Waals surface area contributed by atoms with Gasteiger partial charge in [-0.15, -0.1) is 0 Å². The molecule has 5 aromatic rings. The highest BCUT2D eigenvalue weighted by molar-refractivity contribution is 5.84. The maximum absolute atomic E-state index is 11.8. The Morgan fingerprint density at radius 3 is 2.25 bits per heavy atom. The highest BCUT2D eigenvalue weighted by Crippen LogP contribution is 2.35. The van der Waals surface area contributed by atoms with E-state index in [0.29, 0.717) is 29.2 Å². The maximum atomic E-state index is 11.8. The number of carbonyl (C=O) groups excluding carboxylic acids is 1. The Hall–Kier alpha value is -5.25. The average molecular weight is 602 g/mol. The van der Waals surface area contributed by atoms with Gasteiger partial charge in [-0.2, -0.15) is 15.1 Å². The summed E-state index contributed by atoms with van der Waals surface area (Å²) in [4.78, 5) is 25.7. The first-order valence-corrected chi connectivity index (χ1v) is 13.8. The van der Waals surface area contributed by atoms with Crippen LogP contribution < -0.4 is 16.4 Å². The number of phenolic OH excluding ortho intramolecular Hbond substituents is 2. The molecule has 1 saturated carbocycles. The number of benzene rings is 2. The van der Waals surface area contributed by atoms with Crippen molar-refractivity contribution in [1.29, 1.82) is 0 Å². The Labute approximate surface area is 250 Å². The summed E-state index contributed by atoms with van der Waals surface area (Å²) in [6.07, 6.45) is 2.10. The fraction of sp³-hybridized carbons (Fsp3) is 0.276. The molecule has 1 amide bonds. The lowest BCUT2D eigenvalue weighted by Crippen LogP contribution is -2.44. The van der Waals surface area contributed by atoms with Crippen molar-refractivity contribution in [3.05, 3.63) is 78.4 Å². The number of aromatic nitrogens is 6. The first kappa shape index (κ1) is 28.9. The minimum atomic E-state index is -1.28. The monoisotopic (exact) mass is 601 g/mol. The zero-order valence-corrected chi connectivity index (χ0v) is 23.3. The number of phenols is 2. The highest BCUT2D eigenvalue weighted by Gasteiger charge is 2.44. The molecule has 0 radical (unpaired) electrons. The van der Waals surface area contributed by atoms with Gasteiger partial charge in [-0.05, 0) is 41.8 Å². The fourth-order valence-corrected chi connectivity index (χ4v) is 5.54. The molecular weight excluding hydrogens is 570 g/mol. The molecule has 3 heterocycles. The number of amides is 1. The SMILES string of the molecule is Nc1cnn(-c2nc(NCC(c3ccc(O)cc3)c3ccc(O)cc3)c3ncn([C@@H]4C[C@H](NC(=O)CO)[C@@H](O)[C@H]4O)c3n2)c1. The van der Waals surface area contributed by atoms with Gasteiger partial charge in [0.15, 0.2) is 17.0 Å². The Bertz CT molecular complexity index is 1730. The van der Waals surface area contributed by atoms with E-state index in [4.69, 9.17) is 10.8 Å². The number of carbonyl (C=O) groups is 1. The second kappa shape index (κ2) is 11.8. The molecule has 44 heavy (non-hydrogen) atoms. The van der Waals surface area contributed by atoms with Crippen LogP contribution in [0.25, 0.3) is 17.1 Å². The molecule has 9 N–H and O–H groups in total. The second-order valence-corrected chi connectivity index (χ2v) is 10.6. The van der Waals surface area contributed by atoms with E-state index in [1.807, 2.05) is 24.3 Å². The van der Waals surface area contributed by atoms with Crippen LogP contribution in [-0.2, 0) is 4.79 Å². The van der Waals surface area contributed by atoms with Crippen LogP contribution in [0, 0.1) is 0 Å². The van der Waals surface area contributed by atoms with Crippen molar-refractivity contribution >= 4 is 28.6 Å². The fourth-order valence-electron chi connectivity index (χ4n) is 5.54. The lowest BCUT2D eigenvalue weighted by Gasteiger charge is -2.20. The summed E-state index contributed by atoms with van der Waals surface area (Å²) >= 11 is 0. The molecule has 0 aliphatic heterocycles. The molecule has 1 aliphatic carbocycles. The number of hydrogen-bond acceptors (Lipinski definition) is 12. The molecule has 2 aromatic carbocycles. The average Bonchev–Trinajstić information content (AvgIpc) is 3.72. The molecule has 0 spiro atoms. The van der Waals surface area contributed by atoms with Gasteiger partial charge >= 0.3 is 0 Å². The number of nitrogens with zero attached hydrogens (tertiary/aromatic N) is 6. The summed E-state index contributed by atoms with van der Waals surface area (Å²) < 4.78 is 3.02. The quantitative estimate of drug-likeness (QED) is 0.115. The van der Waals surface area contributed by atoms with Crippen LogP contribution in [0.2, 0.25) is 0 Å². The van der Waals surface area contributed by atoms with Gasteiger partial charge < -0.3 is 46.5 Å². The van der Waals surface area contributed by atoms with Gasteiger partial charge in [-0.1, -0.05) is 24.3 Å². The van der Waals surface area contributed by atoms with Crippen LogP contribution in [-0.4, -0.2) is 92.1 Å². The predicted molar refractivity (Wildman–Crippen MR) is 158 cm³/mol. The van der Waals surface area contributed by atoms with Crippen molar-refractivity contribution in [2.45, 2.75) is 36.6 Å². The van der Waals surface area contributed by atoms with Crippen molar-refractivity contribution < 1.29 is 30.3 Å². The lowest BCUT2D eigenvalue weighted by molar-refractivity contribution is -0.125. The number of anilines is 2. The van der Waals surface area contributed by atoms with Gasteiger partial charge in [-0.25, -0.2) is 9.67 Å². The van der Waals surface area contributed by atoms with Crippen LogP contribution in [0.5, 0.6) is 11.5 Å². The van der Waals surface area contributed by atoms with Gasteiger partial charge in [0.25, 0.3) is 5.95 Å². The summed E-state index contributed by atoms with van der Waals surface area (Å²) in [6.45, 7) is -0.416. The molecule has 15 nitrogen and oxygen atoms in total. The van der Waals surface area contributed by atoms with E-state index in [9.17, 15) is 25.2 Å². The lowest BCUT2D eigenvalue weighted by atomic mass is 9.91. The zero-order valence-electron chi connectivity index (χ0n) is 23.3. The van der Waals surface area contributed by atoms with E-state index in [0.717, 1.165) is 11.1 Å². The van der Waals surface area contributed by atoms with Crippen molar-refractivity contribution in [2.75, 3.05) is 24.2 Å². The topological polar surface area (TPSA) is 230 Å². The summed E-state index contributed by atoms with van der Waals surface area (Å²) in [5.74, 6) is -0.0955. The summed E-state index contributed by atoms with van der Waals surface area (Å²) in [7, 11) is 0. The molecule has 0 saturated heterocycles. The number of aliphatic hydroxyl groups is 3. The largest absolute Gasteiger partial charge is 0.508 e. The normalized spacial score (nSPS) is 19.9. The molecule has 0 unspecified atom stereocenters. The smallest absolute Gasteiger partial charge is 0.254 e. The predicted octanol–water partition coefficient (Wildman–Crippen LogP) is 0.393. The summed E-state index contributed by atoms with van der Waals surface area (Å²) in [6, 6.07) is 12.2. The number of rotatable bonds is 9. The van der Waals surface area contributed by atoms with Gasteiger partial charge in [0.05, 0.1) is 36.5 Å². The van der Waals surface area contributed by atoms with Gasteiger partial charge in [0.1, 0.15) is 30.3 Å². The van der Waals surface area contributed by atoms with Crippen molar-refractivity contribution in [3.8, 4) is 17.4 Å².